The van der Waals surface area contributed by atoms with E-state index in [1.807, 2.05) is 6.07 Å². The molecule has 0 spiro atoms. The topological polar surface area (TPSA) is 41.6 Å². The fourth-order valence-electron chi connectivity index (χ4n) is 3.28. The molecule has 0 saturated carbocycles. The average Bonchev–Trinajstić information content (AvgIpc) is 3.19. The van der Waals surface area contributed by atoms with Crippen molar-refractivity contribution in [2.24, 2.45) is 0 Å². The van der Waals surface area contributed by atoms with Gasteiger partial charge in [0, 0.05) is 31.8 Å². The Bertz CT molecular complexity index is 471. The third-order valence-corrected chi connectivity index (χ3v) is 4.62. The van der Waals surface area contributed by atoms with Gasteiger partial charge in [0.25, 0.3) is 0 Å². The number of hydrogen-bond acceptors (Lipinski definition) is 3. The van der Waals surface area contributed by atoms with Crippen LogP contribution in [-0.2, 0) is 9.53 Å². The van der Waals surface area contributed by atoms with Gasteiger partial charge in [-0.3, -0.25) is 9.69 Å². The van der Waals surface area contributed by atoms with E-state index in [2.05, 4.69) is 41.4 Å². The molecule has 1 aromatic rings. The number of carbonyl (C=O) groups excluding carboxylic acids is 1. The standard InChI is InChI=1S/C17H24N2O2/c1-13(14-6-3-2-4-7-14)19-10-9-15(12-19)18-17(20)16-8-5-11-21-16/h2-4,6-7,13,15-16H,5,8-12H2,1H3,(H,18,20)/t13-,15+,16+/m1/s1. The SMILES string of the molecule is C[C@H](c1ccccc1)N1CC[C@H](NC(=O)[C@@H]2CCCO2)C1. The summed E-state index contributed by atoms with van der Waals surface area (Å²) in [6.45, 7) is 4.92. The van der Waals surface area contributed by atoms with Gasteiger partial charge in [-0.15, -0.1) is 0 Å². The molecular weight excluding hydrogens is 264 g/mol. The number of nitrogens with one attached hydrogen (secondary N) is 1. The van der Waals surface area contributed by atoms with Crippen LogP contribution in [0.2, 0.25) is 0 Å². The van der Waals surface area contributed by atoms with E-state index < -0.39 is 0 Å². The summed E-state index contributed by atoms with van der Waals surface area (Å²) in [4.78, 5) is 14.5. The van der Waals surface area contributed by atoms with Crippen LogP contribution in [0.25, 0.3) is 0 Å². The van der Waals surface area contributed by atoms with Crippen LogP contribution in [0.15, 0.2) is 30.3 Å². The van der Waals surface area contributed by atoms with Crippen LogP contribution < -0.4 is 5.32 Å². The van der Waals surface area contributed by atoms with Gasteiger partial charge < -0.3 is 10.1 Å². The molecule has 114 valence electrons. The molecule has 4 heteroatoms. The first kappa shape index (κ1) is 14.5. The Kier molecular flexibility index (Phi) is 4.56. The van der Waals surface area contributed by atoms with Gasteiger partial charge in [0.2, 0.25) is 5.91 Å². The van der Waals surface area contributed by atoms with Crippen LogP contribution in [0.3, 0.4) is 0 Å². The van der Waals surface area contributed by atoms with Gasteiger partial charge >= 0.3 is 0 Å². The Morgan fingerprint density at radius 2 is 2.14 bits per heavy atom. The number of amides is 1. The molecule has 0 radical (unpaired) electrons. The van der Waals surface area contributed by atoms with Crippen LogP contribution in [0.1, 0.15) is 37.8 Å². The second-order valence-corrected chi connectivity index (χ2v) is 6.08. The lowest BCUT2D eigenvalue weighted by Crippen LogP contribution is -2.42. The van der Waals surface area contributed by atoms with Crippen molar-refractivity contribution >= 4 is 5.91 Å². The molecular formula is C17H24N2O2. The molecule has 1 aromatic carbocycles. The van der Waals surface area contributed by atoms with Gasteiger partial charge in [-0.05, 0) is 31.7 Å². The summed E-state index contributed by atoms with van der Waals surface area (Å²) in [7, 11) is 0. The van der Waals surface area contributed by atoms with Crippen molar-refractivity contribution in [3.05, 3.63) is 35.9 Å². The molecule has 2 aliphatic heterocycles. The van der Waals surface area contributed by atoms with Crippen molar-refractivity contribution in [3.63, 3.8) is 0 Å². The summed E-state index contributed by atoms with van der Waals surface area (Å²) in [5.74, 6) is 0.0757. The highest BCUT2D eigenvalue weighted by molar-refractivity contribution is 5.81. The number of rotatable bonds is 4. The van der Waals surface area contributed by atoms with Gasteiger partial charge in [0.1, 0.15) is 6.10 Å². The van der Waals surface area contributed by atoms with E-state index in [0.29, 0.717) is 6.04 Å². The molecule has 2 fully saturated rings. The van der Waals surface area contributed by atoms with E-state index in [9.17, 15) is 4.79 Å². The summed E-state index contributed by atoms with van der Waals surface area (Å²) in [6.07, 6.45) is 2.67. The number of nitrogens with zero attached hydrogens (tertiary/aromatic N) is 1. The molecule has 0 aliphatic carbocycles. The summed E-state index contributed by atoms with van der Waals surface area (Å²) in [6, 6.07) is 11.2. The van der Waals surface area contributed by atoms with Crippen molar-refractivity contribution < 1.29 is 9.53 Å². The zero-order valence-electron chi connectivity index (χ0n) is 12.6. The maximum atomic E-state index is 12.1. The van der Waals surface area contributed by atoms with E-state index in [1.54, 1.807) is 0 Å². The van der Waals surface area contributed by atoms with Crippen molar-refractivity contribution in [3.8, 4) is 0 Å². The maximum Gasteiger partial charge on any atom is 0.249 e. The van der Waals surface area contributed by atoms with Gasteiger partial charge in [-0.25, -0.2) is 0 Å². The Morgan fingerprint density at radius 3 is 2.86 bits per heavy atom. The van der Waals surface area contributed by atoms with Crippen LogP contribution in [0.5, 0.6) is 0 Å². The monoisotopic (exact) mass is 288 g/mol. The minimum absolute atomic E-state index is 0.0757. The first-order valence-corrected chi connectivity index (χ1v) is 7.95. The summed E-state index contributed by atoms with van der Waals surface area (Å²) in [5.41, 5.74) is 1.34. The number of benzene rings is 1. The van der Waals surface area contributed by atoms with E-state index in [0.717, 1.165) is 39.0 Å². The fraction of sp³-hybridized carbons (Fsp3) is 0.588. The summed E-state index contributed by atoms with van der Waals surface area (Å²) >= 11 is 0. The Hall–Kier alpha value is -1.39. The second kappa shape index (κ2) is 6.58. The highest BCUT2D eigenvalue weighted by atomic mass is 16.5. The Morgan fingerprint density at radius 1 is 1.33 bits per heavy atom. The molecule has 1 N–H and O–H groups in total. The van der Waals surface area contributed by atoms with E-state index in [-0.39, 0.29) is 18.1 Å². The van der Waals surface area contributed by atoms with Crippen LogP contribution >= 0.6 is 0 Å². The number of likely N-dealkylation sites (tertiary alicyclic amines) is 1. The highest BCUT2D eigenvalue weighted by Crippen LogP contribution is 2.24. The molecule has 4 nitrogen and oxygen atoms in total. The predicted octanol–water partition coefficient (Wildman–Crippen LogP) is 2.12. The fourth-order valence-corrected chi connectivity index (χ4v) is 3.28. The number of ether oxygens (including phenoxy) is 1. The molecule has 3 rings (SSSR count). The molecule has 0 aromatic heterocycles. The zero-order chi connectivity index (χ0) is 14.7. The molecule has 1 amide bonds. The third kappa shape index (κ3) is 3.44. The average molecular weight is 288 g/mol. The first-order chi connectivity index (χ1) is 10.2. The van der Waals surface area contributed by atoms with Crippen molar-refractivity contribution in [2.75, 3.05) is 19.7 Å². The minimum Gasteiger partial charge on any atom is -0.368 e. The van der Waals surface area contributed by atoms with Gasteiger partial charge in [0.05, 0.1) is 0 Å². The molecule has 3 atom stereocenters. The maximum absolute atomic E-state index is 12.1. The highest BCUT2D eigenvalue weighted by Gasteiger charge is 2.30. The summed E-state index contributed by atoms with van der Waals surface area (Å²) in [5, 5.41) is 3.15. The lowest BCUT2D eigenvalue weighted by Gasteiger charge is -2.25. The second-order valence-electron chi connectivity index (χ2n) is 6.08. The quantitative estimate of drug-likeness (QED) is 0.922. The van der Waals surface area contributed by atoms with Gasteiger partial charge in [-0.1, -0.05) is 30.3 Å². The third-order valence-electron chi connectivity index (χ3n) is 4.62. The van der Waals surface area contributed by atoms with Gasteiger partial charge in [-0.2, -0.15) is 0 Å². The van der Waals surface area contributed by atoms with E-state index in [4.69, 9.17) is 4.74 Å². The molecule has 2 aliphatic rings. The normalized spacial score (nSPS) is 27.7. The number of carbonyl (C=O) groups is 1. The lowest BCUT2D eigenvalue weighted by atomic mass is 10.1. The van der Waals surface area contributed by atoms with Crippen LogP contribution in [0.4, 0.5) is 0 Å². The largest absolute Gasteiger partial charge is 0.368 e. The molecule has 2 saturated heterocycles. The van der Waals surface area contributed by atoms with E-state index >= 15 is 0 Å². The molecule has 2 heterocycles. The summed E-state index contributed by atoms with van der Waals surface area (Å²) < 4.78 is 5.44. The molecule has 21 heavy (non-hydrogen) atoms. The number of hydrogen-bond donors (Lipinski definition) is 1. The van der Waals surface area contributed by atoms with Crippen LogP contribution in [0, 0.1) is 0 Å². The Balaban J connectivity index is 1.52. The van der Waals surface area contributed by atoms with Crippen molar-refractivity contribution in [1.29, 1.82) is 0 Å². The zero-order valence-corrected chi connectivity index (χ0v) is 12.6. The minimum atomic E-state index is -0.217. The van der Waals surface area contributed by atoms with E-state index in [1.165, 1.54) is 5.56 Å². The lowest BCUT2D eigenvalue weighted by molar-refractivity contribution is -0.130. The first-order valence-electron chi connectivity index (χ1n) is 7.95. The van der Waals surface area contributed by atoms with Crippen molar-refractivity contribution in [2.45, 2.75) is 44.4 Å². The predicted molar refractivity (Wildman–Crippen MR) is 82.0 cm³/mol. The molecule has 0 bridgehead atoms. The molecule has 0 unspecified atom stereocenters. The van der Waals surface area contributed by atoms with Crippen molar-refractivity contribution in [1.82, 2.24) is 10.2 Å². The smallest absolute Gasteiger partial charge is 0.249 e. The van der Waals surface area contributed by atoms with Crippen LogP contribution in [-0.4, -0.2) is 42.6 Å². The Labute approximate surface area is 126 Å². The van der Waals surface area contributed by atoms with Gasteiger partial charge in [0.15, 0.2) is 0 Å².